The third-order valence-electron chi connectivity index (χ3n) is 2.20. The molecular formula is C12H9BrN2O3. The standard InChI is InChI=1S/C12H9BrN2O3/c13-10-4-3-8(6-15-18-7-11(16)17)12-9(10)2-1-5-14-12/h1-6H,7H2,(H,16,17)/b15-6+. The number of aromatic nitrogens is 1. The SMILES string of the molecule is O=C(O)CO/N=C/c1ccc(Br)c2cccnc12. The number of hydrogen-bond acceptors (Lipinski definition) is 4. The predicted molar refractivity (Wildman–Crippen MR) is 70.6 cm³/mol. The number of benzene rings is 1. The molecule has 1 aromatic heterocycles. The van der Waals surface area contributed by atoms with Gasteiger partial charge in [0.05, 0.1) is 11.7 Å². The molecular weight excluding hydrogens is 300 g/mol. The van der Waals surface area contributed by atoms with E-state index in [2.05, 4.69) is 30.9 Å². The summed E-state index contributed by atoms with van der Waals surface area (Å²) in [6, 6.07) is 7.48. The maximum Gasteiger partial charge on any atom is 0.344 e. The van der Waals surface area contributed by atoms with Gasteiger partial charge in [0.2, 0.25) is 6.61 Å². The first-order valence-corrected chi connectivity index (χ1v) is 5.88. The summed E-state index contributed by atoms with van der Waals surface area (Å²) in [6.45, 7) is -0.460. The van der Waals surface area contributed by atoms with E-state index in [0.29, 0.717) is 0 Å². The minimum Gasteiger partial charge on any atom is -0.479 e. The molecule has 5 nitrogen and oxygen atoms in total. The summed E-state index contributed by atoms with van der Waals surface area (Å²) in [4.78, 5) is 19.1. The molecule has 0 amide bonds. The zero-order valence-corrected chi connectivity index (χ0v) is 10.8. The van der Waals surface area contributed by atoms with E-state index in [1.54, 1.807) is 6.20 Å². The highest BCUT2D eigenvalue weighted by molar-refractivity contribution is 9.10. The summed E-state index contributed by atoms with van der Waals surface area (Å²) in [5.41, 5.74) is 1.54. The number of carboxylic acid groups (broad SMARTS) is 1. The topological polar surface area (TPSA) is 71.8 Å². The third kappa shape index (κ3) is 2.84. The Morgan fingerprint density at radius 3 is 3.11 bits per heavy atom. The first-order valence-electron chi connectivity index (χ1n) is 5.09. The zero-order chi connectivity index (χ0) is 13.0. The minimum absolute atomic E-state index is 0.460. The van der Waals surface area contributed by atoms with Crippen molar-refractivity contribution in [1.82, 2.24) is 4.98 Å². The van der Waals surface area contributed by atoms with Crippen LogP contribution in [0.5, 0.6) is 0 Å². The second-order valence-electron chi connectivity index (χ2n) is 3.44. The quantitative estimate of drug-likeness (QED) is 0.695. The lowest BCUT2D eigenvalue weighted by Gasteiger charge is -2.02. The molecule has 0 saturated heterocycles. The molecule has 6 heteroatoms. The Morgan fingerprint density at radius 2 is 2.33 bits per heavy atom. The van der Waals surface area contributed by atoms with Crippen LogP contribution in [-0.4, -0.2) is 28.9 Å². The van der Waals surface area contributed by atoms with E-state index in [9.17, 15) is 4.79 Å². The zero-order valence-electron chi connectivity index (χ0n) is 9.21. The first-order chi connectivity index (χ1) is 8.68. The highest BCUT2D eigenvalue weighted by Crippen LogP contribution is 2.24. The summed E-state index contributed by atoms with van der Waals surface area (Å²) in [6.07, 6.45) is 3.13. The largest absolute Gasteiger partial charge is 0.479 e. The number of hydrogen-bond donors (Lipinski definition) is 1. The molecule has 1 aromatic carbocycles. The molecule has 1 N–H and O–H groups in total. The molecule has 2 aromatic rings. The van der Waals surface area contributed by atoms with E-state index in [1.807, 2.05) is 24.3 Å². The van der Waals surface area contributed by atoms with Crippen molar-refractivity contribution in [3.63, 3.8) is 0 Å². The molecule has 0 aliphatic carbocycles. The third-order valence-corrected chi connectivity index (χ3v) is 2.89. The minimum atomic E-state index is -1.06. The Labute approximate surface area is 111 Å². The molecule has 0 radical (unpaired) electrons. The van der Waals surface area contributed by atoms with Gasteiger partial charge >= 0.3 is 5.97 Å². The van der Waals surface area contributed by atoms with Crippen molar-refractivity contribution in [1.29, 1.82) is 0 Å². The normalized spacial score (nSPS) is 10.9. The molecule has 0 spiro atoms. The summed E-state index contributed by atoms with van der Waals surface area (Å²) >= 11 is 3.44. The van der Waals surface area contributed by atoms with E-state index < -0.39 is 12.6 Å². The van der Waals surface area contributed by atoms with Crippen LogP contribution in [0.1, 0.15) is 5.56 Å². The molecule has 2 rings (SSSR count). The highest BCUT2D eigenvalue weighted by Gasteiger charge is 2.03. The van der Waals surface area contributed by atoms with Crippen molar-refractivity contribution < 1.29 is 14.7 Å². The second-order valence-corrected chi connectivity index (χ2v) is 4.29. The second kappa shape index (κ2) is 5.59. The molecule has 92 valence electrons. The molecule has 0 atom stereocenters. The number of oxime groups is 1. The number of nitrogens with zero attached hydrogens (tertiary/aromatic N) is 2. The van der Waals surface area contributed by atoms with Crippen molar-refractivity contribution in [2.24, 2.45) is 5.16 Å². The fourth-order valence-electron chi connectivity index (χ4n) is 1.45. The van der Waals surface area contributed by atoms with E-state index >= 15 is 0 Å². The Balaban J connectivity index is 2.29. The van der Waals surface area contributed by atoms with E-state index in [4.69, 9.17) is 5.11 Å². The molecule has 0 fully saturated rings. The Hall–Kier alpha value is -1.95. The smallest absolute Gasteiger partial charge is 0.344 e. The summed E-state index contributed by atoms with van der Waals surface area (Å²) in [5, 5.41) is 13.0. The van der Waals surface area contributed by atoms with Gasteiger partial charge in [-0.15, -0.1) is 0 Å². The number of pyridine rings is 1. The number of rotatable bonds is 4. The predicted octanol–water partition coefficient (Wildman–Crippen LogP) is 2.43. The van der Waals surface area contributed by atoms with Gasteiger partial charge in [0.1, 0.15) is 0 Å². The molecule has 0 aliphatic heterocycles. The number of halogens is 1. The van der Waals surface area contributed by atoms with Crippen LogP contribution >= 0.6 is 15.9 Å². The Kier molecular flexibility index (Phi) is 3.88. The monoisotopic (exact) mass is 308 g/mol. The molecule has 1 heterocycles. The van der Waals surface area contributed by atoms with Crippen LogP contribution < -0.4 is 0 Å². The van der Waals surface area contributed by atoms with E-state index in [1.165, 1.54) is 6.21 Å². The average Bonchev–Trinajstić information content (AvgIpc) is 2.37. The Morgan fingerprint density at radius 1 is 1.50 bits per heavy atom. The maximum absolute atomic E-state index is 10.3. The van der Waals surface area contributed by atoms with Crippen LogP contribution in [0.25, 0.3) is 10.9 Å². The van der Waals surface area contributed by atoms with Crippen molar-refractivity contribution in [3.05, 3.63) is 40.5 Å². The number of carboxylic acids is 1. The van der Waals surface area contributed by atoms with Gasteiger partial charge in [-0.3, -0.25) is 4.98 Å². The van der Waals surface area contributed by atoms with Gasteiger partial charge in [0, 0.05) is 21.6 Å². The van der Waals surface area contributed by atoms with Crippen LogP contribution in [0, 0.1) is 0 Å². The summed E-state index contributed by atoms with van der Waals surface area (Å²) in [7, 11) is 0. The van der Waals surface area contributed by atoms with Crippen LogP contribution in [0.15, 0.2) is 40.1 Å². The lowest BCUT2D eigenvalue weighted by atomic mass is 10.1. The van der Waals surface area contributed by atoms with Crippen LogP contribution in [-0.2, 0) is 9.63 Å². The van der Waals surface area contributed by atoms with E-state index in [0.717, 1.165) is 20.9 Å². The lowest BCUT2D eigenvalue weighted by Crippen LogP contribution is -2.03. The Bertz CT molecular complexity index is 613. The van der Waals surface area contributed by atoms with Crippen LogP contribution in [0.4, 0.5) is 0 Å². The van der Waals surface area contributed by atoms with Gasteiger partial charge in [-0.05, 0) is 18.2 Å². The van der Waals surface area contributed by atoms with Crippen molar-refractivity contribution >= 4 is 39.0 Å². The van der Waals surface area contributed by atoms with Crippen molar-refractivity contribution in [2.75, 3.05) is 6.61 Å². The van der Waals surface area contributed by atoms with E-state index in [-0.39, 0.29) is 0 Å². The summed E-state index contributed by atoms with van der Waals surface area (Å²) in [5.74, 6) is -1.06. The molecule has 0 saturated carbocycles. The molecule has 0 unspecified atom stereocenters. The van der Waals surface area contributed by atoms with Crippen molar-refractivity contribution in [3.8, 4) is 0 Å². The van der Waals surface area contributed by atoms with Gasteiger partial charge in [-0.25, -0.2) is 4.79 Å². The first kappa shape index (κ1) is 12.5. The maximum atomic E-state index is 10.3. The van der Waals surface area contributed by atoms with Crippen LogP contribution in [0.3, 0.4) is 0 Å². The molecule has 0 aliphatic rings. The number of carbonyl (C=O) groups is 1. The van der Waals surface area contributed by atoms with Crippen LogP contribution in [0.2, 0.25) is 0 Å². The fraction of sp³-hybridized carbons (Fsp3) is 0.0833. The van der Waals surface area contributed by atoms with Gasteiger partial charge in [0.15, 0.2) is 0 Å². The van der Waals surface area contributed by atoms with Gasteiger partial charge in [0.25, 0.3) is 0 Å². The fourth-order valence-corrected chi connectivity index (χ4v) is 1.90. The van der Waals surface area contributed by atoms with Gasteiger partial charge < -0.3 is 9.94 Å². The highest BCUT2D eigenvalue weighted by atomic mass is 79.9. The number of fused-ring (bicyclic) bond motifs is 1. The van der Waals surface area contributed by atoms with Gasteiger partial charge in [-0.1, -0.05) is 27.2 Å². The molecule has 0 bridgehead atoms. The number of aliphatic carboxylic acids is 1. The lowest BCUT2D eigenvalue weighted by molar-refractivity contribution is -0.142. The average molecular weight is 309 g/mol. The van der Waals surface area contributed by atoms with Gasteiger partial charge in [-0.2, -0.15) is 0 Å². The van der Waals surface area contributed by atoms with Crippen molar-refractivity contribution in [2.45, 2.75) is 0 Å². The molecule has 18 heavy (non-hydrogen) atoms. The summed E-state index contributed by atoms with van der Waals surface area (Å²) < 4.78 is 0.939.